The molecule has 1 heterocycles. The summed E-state index contributed by atoms with van der Waals surface area (Å²) in [5.74, 6) is -0.0874. The van der Waals surface area contributed by atoms with Gasteiger partial charge in [-0.25, -0.2) is 4.79 Å². The van der Waals surface area contributed by atoms with Crippen LogP contribution >= 0.6 is 0 Å². The Morgan fingerprint density at radius 2 is 1.90 bits per heavy atom. The molecule has 1 aliphatic carbocycles. The number of carbonyl (C=O) groups excluding carboxylic acids is 1. The molecule has 1 saturated carbocycles. The van der Waals surface area contributed by atoms with Gasteiger partial charge in [0.15, 0.2) is 0 Å². The number of hydrogen-bond acceptors (Lipinski definition) is 4. The first kappa shape index (κ1) is 16.1. The lowest BCUT2D eigenvalue weighted by Crippen LogP contribution is -2.38. The van der Waals surface area contributed by atoms with Crippen molar-refractivity contribution in [3.8, 4) is 0 Å². The van der Waals surface area contributed by atoms with Crippen molar-refractivity contribution in [2.45, 2.75) is 57.6 Å². The summed E-state index contributed by atoms with van der Waals surface area (Å²) in [6.07, 6.45) is 4.39. The fourth-order valence-corrected chi connectivity index (χ4v) is 3.23. The number of hydrogen-bond donors (Lipinski definition) is 1. The van der Waals surface area contributed by atoms with Crippen LogP contribution < -0.4 is 0 Å². The molecule has 0 bridgehead atoms. The molecule has 2 aliphatic rings. The van der Waals surface area contributed by atoms with Crippen molar-refractivity contribution in [2.75, 3.05) is 19.8 Å². The third-order valence-electron chi connectivity index (χ3n) is 4.44. The molecule has 0 aromatic carbocycles. The summed E-state index contributed by atoms with van der Waals surface area (Å²) in [5.41, 5.74) is 0. The van der Waals surface area contributed by atoms with E-state index in [1.165, 1.54) is 4.90 Å². The number of ether oxygens (including phenoxy) is 2. The maximum Gasteiger partial charge on any atom is 0.407 e. The van der Waals surface area contributed by atoms with Crippen molar-refractivity contribution in [3.63, 3.8) is 0 Å². The first-order valence-electron chi connectivity index (χ1n) is 7.89. The topological polar surface area (TPSA) is 76.1 Å². The van der Waals surface area contributed by atoms with Gasteiger partial charge >= 0.3 is 12.1 Å². The zero-order valence-electron chi connectivity index (χ0n) is 12.6. The zero-order valence-corrected chi connectivity index (χ0v) is 12.6. The van der Waals surface area contributed by atoms with Crippen LogP contribution in [0.2, 0.25) is 0 Å². The van der Waals surface area contributed by atoms with Crippen LogP contribution in [0.15, 0.2) is 0 Å². The second kappa shape index (κ2) is 7.64. The van der Waals surface area contributed by atoms with Gasteiger partial charge in [0.25, 0.3) is 0 Å². The number of carboxylic acid groups (broad SMARTS) is 1. The third-order valence-corrected chi connectivity index (χ3v) is 4.44. The second-order valence-corrected chi connectivity index (χ2v) is 5.83. The van der Waals surface area contributed by atoms with Crippen LogP contribution in [0.1, 0.15) is 45.4 Å². The van der Waals surface area contributed by atoms with E-state index in [0.29, 0.717) is 19.8 Å². The van der Waals surface area contributed by atoms with Gasteiger partial charge in [0.05, 0.1) is 31.3 Å². The number of carbonyl (C=O) groups is 2. The molecule has 6 nitrogen and oxygen atoms in total. The highest BCUT2D eigenvalue weighted by atomic mass is 16.5. The molecule has 0 unspecified atom stereocenters. The lowest BCUT2D eigenvalue weighted by Gasteiger charge is -2.29. The van der Waals surface area contributed by atoms with Crippen molar-refractivity contribution in [1.29, 1.82) is 0 Å². The number of amides is 1. The monoisotopic (exact) mass is 299 g/mol. The molecule has 1 atom stereocenters. The normalized spacial score (nSPS) is 29.4. The van der Waals surface area contributed by atoms with Crippen LogP contribution in [0, 0.1) is 5.92 Å². The van der Waals surface area contributed by atoms with Gasteiger partial charge in [0, 0.05) is 6.54 Å². The van der Waals surface area contributed by atoms with Gasteiger partial charge in [-0.3, -0.25) is 4.79 Å². The van der Waals surface area contributed by atoms with E-state index in [1.807, 2.05) is 6.92 Å². The highest BCUT2D eigenvalue weighted by Gasteiger charge is 2.31. The largest absolute Gasteiger partial charge is 0.466 e. The third kappa shape index (κ3) is 4.33. The van der Waals surface area contributed by atoms with E-state index in [2.05, 4.69) is 0 Å². The Balaban J connectivity index is 1.69. The highest BCUT2D eigenvalue weighted by molar-refractivity contribution is 5.72. The molecular weight excluding hydrogens is 274 g/mol. The average molecular weight is 299 g/mol. The van der Waals surface area contributed by atoms with Gasteiger partial charge in [0.1, 0.15) is 0 Å². The minimum Gasteiger partial charge on any atom is -0.466 e. The first-order chi connectivity index (χ1) is 10.1. The van der Waals surface area contributed by atoms with Crippen molar-refractivity contribution in [1.82, 2.24) is 4.90 Å². The van der Waals surface area contributed by atoms with Gasteiger partial charge in [-0.1, -0.05) is 0 Å². The van der Waals surface area contributed by atoms with Gasteiger partial charge in [-0.15, -0.1) is 0 Å². The maximum absolute atomic E-state index is 11.7. The molecule has 1 aliphatic heterocycles. The smallest absolute Gasteiger partial charge is 0.407 e. The minimum atomic E-state index is -0.855. The van der Waals surface area contributed by atoms with E-state index < -0.39 is 6.09 Å². The van der Waals surface area contributed by atoms with E-state index in [-0.39, 0.29) is 24.0 Å². The second-order valence-electron chi connectivity index (χ2n) is 5.83. The summed E-state index contributed by atoms with van der Waals surface area (Å²) in [4.78, 5) is 24.2. The van der Waals surface area contributed by atoms with Crippen molar-refractivity contribution < 1.29 is 24.2 Å². The molecule has 0 spiro atoms. The van der Waals surface area contributed by atoms with E-state index in [1.54, 1.807) is 0 Å². The molecule has 2 fully saturated rings. The summed E-state index contributed by atoms with van der Waals surface area (Å²) in [7, 11) is 0. The summed E-state index contributed by atoms with van der Waals surface area (Å²) in [5, 5.41) is 9.09. The standard InChI is InChI=1S/C15H25NO5/c1-2-20-14(17)11-5-7-13(8-6-11)21-10-12-4-3-9-16(12)15(18)19/h11-13H,2-10H2,1H3,(H,18,19)/t11?,12-,13?/m0/s1. The van der Waals surface area contributed by atoms with Crippen LogP contribution in [-0.4, -0.2) is 54.0 Å². The van der Waals surface area contributed by atoms with Gasteiger partial charge in [0.2, 0.25) is 0 Å². The lowest BCUT2D eigenvalue weighted by atomic mass is 9.87. The fraction of sp³-hybridized carbons (Fsp3) is 0.867. The van der Waals surface area contributed by atoms with Crippen LogP contribution in [0.5, 0.6) is 0 Å². The Morgan fingerprint density at radius 1 is 1.19 bits per heavy atom. The molecule has 21 heavy (non-hydrogen) atoms. The average Bonchev–Trinajstić information content (AvgIpc) is 2.94. The minimum absolute atomic E-state index is 0.00630. The molecule has 1 saturated heterocycles. The molecule has 1 amide bonds. The van der Waals surface area contributed by atoms with E-state index in [4.69, 9.17) is 14.6 Å². The summed E-state index contributed by atoms with van der Waals surface area (Å²) < 4.78 is 10.9. The van der Waals surface area contributed by atoms with Crippen LogP contribution in [-0.2, 0) is 14.3 Å². The SMILES string of the molecule is CCOC(=O)C1CCC(OC[C@@H]2CCCN2C(=O)O)CC1. The Morgan fingerprint density at radius 3 is 2.52 bits per heavy atom. The summed E-state index contributed by atoms with van der Waals surface area (Å²) >= 11 is 0. The van der Waals surface area contributed by atoms with Crippen molar-refractivity contribution in [2.24, 2.45) is 5.92 Å². The molecule has 1 N–H and O–H groups in total. The van der Waals surface area contributed by atoms with E-state index >= 15 is 0 Å². The number of nitrogens with zero attached hydrogens (tertiary/aromatic N) is 1. The molecule has 120 valence electrons. The van der Waals surface area contributed by atoms with Crippen LogP contribution in [0.3, 0.4) is 0 Å². The molecule has 0 radical (unpaired) electrons. The molecule has 2 rings (SSSR count). The number of rotatable bonds is 5. The quantitative estimate of drug-likeness (QED) is 0.788. The van der Waals surface area contributed by atoms with E-state index in [0.717, 1.165) is 38.5 Å². The number of esters is 1. The van der Waals surface area contributed by atoms with Crippen molar-refractivity contribution in [3.05, 3.63) is 0 Å². The van der Waals surface area contributed by atoms with Gasteiger partial charge in [-0.2, -0.15) is 0 Å². The van der Waals surface area contributed by atoms with E-state index in [9.17, 15) is 9.59 Å². The predicted octanol–water partition coefficient (Wildman–Crippen LogP) is 2.27. The Kier molecular flexibility index (Phi) is 5.85. The number of likely N-dealkylation sites (tertiary alicyclic amines) is 1. The first-order valence-corrected chi connectivity index (χ1v) is 7.89. The molecular formula is C15H25NO5. The van der Waals surface area contributed by atoms with Crippen LogP contribution in [0.4, 0.5) is 4.79 Å². The Labute approximate surface area is 125 Å². The molecule has 0 aromatic rings. The Bertz CT molecular complexity index is 365. The Hall–Kier alpha value is -1.30. The van der Waals surface area contributed by atoms with Gasteiger partial charge < -0.3 is 19.5 Å². The summed E-state index contributed by atoms with van der Waals surface area (Å²) in [6, 6.07) is -0.00900. The predicted molar refractivity (Wildman–Crippen MR) is 76.1 cm³/mol. The fourth-order valence-electron chi connectivity index (χ4n) is 3.23. The maximum atomic E-state index is 11.7. The molecule has 0 aromatic heterocycles. The zero-order chi connectivity index (χ0) is 15.2. The van der Waals surface area contributed by atoms with Crippen molar-refractivity contribution >= 4 is 12.1 Å². The van der Waals surface area contributed by atoms with Crippen LogP contribution in [0.25, 0.3) is 0 Å². The molecule has 6 heteroatoms. The lowest BCUT2D eigenvalue weighted by molar-refractivity contribution is -0.150. The summed E-state index contributed by atoms with van der Waals surface area (Å²) in [6.45, 7) is 3.34. The van der Waals surface area contributed by atoms with Gasteiger partial charge in [-0.05, 0) is 45.4 Å². The highest BCUT2D eigenvalue weighted by Crippen LogP contribution is 2.28.